The Kier molecular flexibility index (Phi) is 15.0. The van der Waals surface area contributed by atoms with Crippen LogP contribution in [0, 0.1) is 0 Å². The Morgan fingerprint density at radius 3 is 2.53 bits per heavy atom. The third kappa shape index (κ3) is 10.8. The van der Waals surface area contributed by atoms with Crippen LogP contribution in [-0.4, -0.2) is 67.4 Å². The van der Waals surface area contributed by atoms with E-state index in [9.17, 15) is 5.11 Å². The Labute approximate surface area is 290 Å². The summed E-state index contributed by atoms with van der Waals surface area (Å²) < 4.78 is 0. The number of anilines is 1. The van der Waals surface area contributed by atoms with E-state index in [-0.39, 0.29) is 6.61 Å². The molecule has 0 amide bonds. The van der Waals surface area contributed by atoms with Gasteiger partial charge in [-0.1, -0.05) is 84.2 Å². The van der Waals surface area contributed by atoms with Crippen LogP contribution < -0.4 is 21.7 Å². The molecule has 1 fully saturated rings. The topological polar surface area (TPSA) is 98.5 Å². The first-order valence-electron chi connectivity index (χ1n) is 16.4. The summed E-state index contributed by atoms with van der Waals surface area (Å²) >= 11 is 14.0. The number of piperidine rings is 1. The monoisotopic (exact) mass is 674 g/mol. The molecule has 7 nitrogen and oxygen atoms in total. The van der Waals surface area contributed by atoms with Crippen LogP contribution in [0.15, 0.2) is 97.4 Å². The number of pyridine rings is 1. The highest BCUT2D eigenvalue weighted by Gasteiger charge is 2.16. The van der Waals surface area contributed by atoms with Gasteiger partial charge in [-0.05, 0) is 81.4 Å². The lowest BCUT2D eigenvalue weighted by Crippen LogP contribution is -2.37. The fraction of sp³-hybridized carbons (Fsp3) is 0.342. The molecule has 9 heteroatoms. The molecule has 6 N–H and O–H groups in total. The van der Waals surface area contributed by atoms with Crippen LogP contribution in [-0.2, 0) is 0 Å². The van der Waals surface area contributed by atoms with Crippen molar-refractivity contribution in [3.63, 3.8) is 0 Å². The molecule has 0 saturated carbocycles. The van der Waals surface area contributed by atoms with E-state index >= 15 is 0 Å². The van der Waals surface area contributed by atoms with Gasteiger partial charge < -0.3 is 26.8 Å². The van der Waals surface area contributed by atoms with Crippen molar-refractivity contribution >= 4 is 34.7 Å². The predicted octanol–water partition coefficient (Wildman–Crippen LogP) is 7.50. The molecule has 2 heterocycles. The standard InChI is InChI=1S/C38H48Cl2N6O/c1-3-4-11-30(42-2)26-43-25-28(27-47)16-17-35(41)34-15-9-14-33(38(34)40)32-13-8-12-31(37(32)39)29-18-20-45-36(24-29)44-19-10-23-46-21-6-5-7-22-46/h3,8-10,12-20,24,30,42-43,47H,1,4-7,11,21-23,25-27,41H2,2H3,(H,44,45)/b19-10?,28-16-,35-17-. The van der Waals surface area contributed by atoms with E-state index in [4.69, 9.17) is 28.9 Å². The maximum Gasteiger partial charge on any atom is 0.130 e. The molecule has 250 valence electrons. The number of hydrogen-bond donors (Lipinski definition) is 5. The van der Waals surface area contributed by atoms with Crippen LogP contribution in [0.2, 0.25) is 10.0 Å². The van der Waals surface area contributed by atoms with Gasteiger partial charge in [-0.15, -0.1) is 6.58 Å². The molecule has 1 aromatic heterocycles. The van der Waals surface area contributed by atoms with Crippen molar-refractivity contribution in [3.8, 4) is 22.3 Å². The Balaban J connectivity index is 1.48. The highest BCUT2D eigenvalue weighted by molar-refractivity contribution is 6.39. The zero-order chi connectivity index (χ0) is 33.4. The number of likely N-dealkylation sites (tertiary alicyclic amines) is 1. The van der Waals surface area contributed by atoms with Crippen molar-refractivity contribution < 1.29 is 5.11 Å². The number of likely N-dealkylation sites (N-methyl/N-ethyl adjacent to an activating group) is 1. The van der Waals surface area contributed by atoms with Crippen LogP contribution in [0.3, 0.4) is 0 Å². The van der Waals surface area contributed by atoms with Crippen LogP contribution in [0.5, 0.6) is 0 Å². The minimum Gasteiger partial charge on any atom is -0.398 e. The number of nitrogens with one attached hydrogen (secondary N) is 3. The summed E-state index contributed by atoms with van der Waals surface area (Å²) in [6, 6.07) is 16.0. The number of benzene rings is 2. The van der Waals surface area contributed by atoms with E-state index in [1.54, 1.807) is 12.3 Å². The van der Waals surface area contributed by atoms with Crippen LogP contribution in [0.4, 0.5) is 5.82 Å². The first kappa shape index (κ1) is 36.4. The molecule has 1 atom stereocenters. The molecule has 0 aliphatic carbocycles. The summed E-state index contributed by atoms with van der Waals surface area (Å²) in [6.07, 6.45) is 17.3. The lowest BCUT2D eigenvalue weighted by atomic mass is 9.97. The number of halogens is 2. The molecule has 4 rings (SSSR count). The van der Waals surface area contributed by atoms with Crippen LogP contribution >= 0.6 is 23.2 Å². The highest BCUT2D eigenvalue weighted by atomic mass is 35.5. The van der Waals surface area contributed by atoms with Crippen molar-refractivity contribution in [2.24, 2.45) is 5.73 Å². The maximum absolute atomic E-state index is 9.93. The normalized spacial score (nSPS) is 15.2. The lowest BCUT2D eigenvalue weighted by Gasteiger charge is -2.24. The Morgan fingerprint density at radius 2 is 1.79 bits per heavy atom. The van der Waals surface area contributed by atoms with Gasteiger partial charge in [0.1, 0.15) is 5.82 Å². The SMILES string of the molecule is C=CCCC(CNC/C(=C/C=C(\N)c1cccc(-c2cccc(-c3ccnc(NC=CCN4CCCCC4)c3)c2Cl)c1Cl)CO)NC. The highest BCUT2D eigenvalue weighted by Crippen LogP contribution is 2.41. The number of aliphatic hydroxyl groups excluding tert-OH is 1. The smallest absolute Gasteiger partial charge is 0.130 e. The van der Waals surface area contributed by atoms with Gasteiger partial charge in [-0.25, -0.2) is 4.98 Å². The van der Waals surface area contributed by atoms with Gasteiger partial charge in [0, 0.05) is 59.8 Å². The molecule has 1 unspecified atom stereocenters. The minimum absolute atomic E-state index is 0.0784. The summed E-state index contributed by atoms with van der Waals surface area (Å²) in [5.41, 5.74) is 11.9. The van der Waals surface area contributed by atoms with Gasteiger partial charge in [0.2, 0.25) is 0 Å². The summed E-state index contributed by atoms with van der Waals surface area (Å²) in [5, 5.41) is 21.0. The summed E-state index contributed by atoms with van der Waals surface area (Å²) in [5.74, 6) is 0.747. The number of hydrogen-bond acceptors (Lipinski definition) is 7. The van der Waals surface area contributed by atoms with Gasteiger partial charge in [0.05, 0.1) is 16.7 Å². The molecule has 47 heavy (non-hydrogen) atoms. The minimum atomic E-state index is -0.0784. The first-order chi connectivity index (χ1) is 22.9. The van der Waals surface area contributed by atoms with Crippen molar-refractivity contribution in [3.05, 3.63) is 113 Å². The second kappa shape index (κ2) is 19.4. The average molecular weight is 676 g/mol. The Bertz CT molecular complexity index is 1550. The molecule has 0 radical (unpaired) electrons. The predicted molar refractivity (Wildman–Crippen MR) is 201 cm³/mol. The van der Waals surface area contributed by atoms with Gasteiger partial charge >= 0.3 is 0 Å². The van der Waals surface area contributed by atoms with Gasteiger partial charge in [-0.2, -0.15) is 0 Å². The number of rotatable bonds is 17. The zero-order valence-electron chi connectivity index (χ0n) is 27.3. The van der Waals surface area contributed by atoms with Gasteiger partial charge in [-0.3, -0.25) is 4.90 Å². The first-order valence-corrected chi connectivity index (χ1v) is 17.1. The fourth-order valence-corrected chi connectivity index (χ4v) is 6.30. The van der Waals surface area contributed by atoms with Crippen molar-refractivity contribution in [1.29, 1.82) is 0 Å². The molecular formula is C38H48Cl2N6O. The van der Waals surface area contributed by atoms with Crippen LogP contribution in [0.1, 0.15) is 37.7 Å². The molecule has 1 saturated heterocycles. The van der Waals surface area contributed by atoms with Crippen molar-refractivity contribution in [2.45, 2.75) is 38.1 Å². The number of allylic oxidation sites excluding steroid dienone is 3. The quantitative estimate of drug-likeness (QED) is 0.0747. The van der Waals surface area contributed by atoms with E-state index in [1.165, 1.54) is 19.3 Å². The zero-order valence-corrected chi connectivity index (χ0v) is 28.8. The Morgan fingerprint density at radius 1 is 1.04 bits per heavy atom. The second-order valence-corrected chi connectivity index (χ2v) is 12.5. The van der Waals surface area contributed by atoms with E-state index < -0.39 is 0 Å². The molecule has 0 spiro atoms. The summed E-state index contributed by atoms with van der Waals surface area (Å²) in [4.78, 5) is 6.96. The third-order valence-corrected chi connectivity index (χ3v) is 9.22. The lowest BCUT2D eigenvalue weighted by molar-refractivity contribution is 0.251. The number of nitrogens with two attached hydrogens (primary N) is 1. The van der Waals surface area contributed by atoms with Crippen molar-refractivity contribution in [2.75, 3.05) is 51.7 Å². The van der Waals surface area contributed by atoms with E-state index in [1.807, 2.05) is 73.9 Å². The summed E-state index contributed by atoms with van der Waals surface area (Å²) in [6.45, 7) is 8.31. The molecule has 1 aliphatic rings. The molecule has 1 aliphatic heterocycles. The summed E-state index contributed by atoms with van der Waals surface area (Å²) in [7, 11) is 1.95. The molecule has 0 bridgehead atoms. The van der Waals surface area contributed by atoms with Crippen molar-refractivity contribution in [1.82, 2.24) is 20.5 Å². The van der Waals surface area contributed by atoms with E-state index in [0.717, 1.165) is 72.7 Å². The largest absolute Gasteiger partial charge is 0.398 e. The number of nitrogens with zero attached hydrogens (tertiary/aromatic N) is 2. The van der Waals surface area contributed by atoms with Gasteiger partial charge in [0.15, 0.2) is 0 Å². The van der Waals surface area contributed by atoms with Gasteiger partial charge in [0.25, 0.3) is 0 Å². The number of aromatic nitrogens is 1. The van der Waals surface area contributed by atoms with Crippen LogP contribution in [0.25, 0.3) is 28.0 Å². The maximum atomic E-state index is 9.93. The molecule has 2 aromatic carbocycles. The fourth-order valence-electron chi connectivity index (χ4n) is 5.63. The second-order valence-electron chi connectivity index (χ2n) is 11.8. The Hall–Kier alpha value is -3.43. The molecule has 3 aromatic rings. The van der Waals surface area contributed by atoms with E-state index in [2.05, 4.69) is 38.5 Å². The number of aliphatic hydroxyl groups is 1. The third-order valence-electron chi connectivity index (χ3n) is 8.40. The van der Waals surface area contributed by atoms with E-state index in [0.29, 0.717) is 33.9 Å². The average Bonchev–Trinajstić information content (AvgIpc) is 3.10. The molecular weight excluding hydrogens is 627 g/mol.